The van der Waals surface area contributed by atoms with Gasteiger partial charge in [-0.3, -0.25) is 14.6 Å². The van der Waals surface area contributed by atoms with Crippen molar-refractivity contribution in [1.29, 1.82) is 0 Å². The van der Waals surface area contributed by atoms with Crippen molar-refractivity contribution in [1.82, 2.24) is 10.3 Å². The Balaban J connectivity index is 1.63. The number of amides is 2. The van der Waals surface area contributed by atoms with Gasteiger partial charge >= 0.3 is 12.1 Å². The average Bonchev–Trinajstić information content (AvgIpc) is 2.92. The summed E-state index contributed by atoms with van der Waals surface area (Å²) in [5.41, 5.74) is 2.54. The molecule has 40 heavy (non-hydrogen) atoms. The molecule has 0 aliphatic heterocycles. The van der Waals surface area contributed by atoms with Gasteiger partial charge in [0.2, 0.25) is 5.91 Å². The van der Waals surface area contributed by atoms with Gasteiger partial charge in [-0.1, -0.05) is 42.5 Å². The predicted molar refractivity (Wildman–Crippen MR) is 152 cm³/mol. The highest BCUT2D eigenvalue weighted by atomic mass is 16.6. The number of carbonyl (C=O) groups excluding carboxylic acids is 3. The molecule has 0 saturated carbocycles. The van der Waals surface area contributed by atoms with E-state index in [1.165, 1.54) is 7.11 Å². The largest absolute Gasteiger partial charge is 0.487 e. The lowest BCUT2D eigenvalue weighted by molar-refractivity contribution is -0.140. The van der Waals surface area contributed by atoms with Gasteiger partial charge in [-0.15, -0.1) is 0 Å². The second-order valence-electron chi connectivity index (χ2n) is 10.3. The Morgan fingerprint density at radius 2 is 1.65 bits per heavy atom. The van der Waals surface area contributed by atoms with Crippen LogP contribution in [-0.4, -0.2) is 41.7 Å². The summed E-state index contributed by atoms with van der Waals surface area (Å²) < 4.78 is 15.8. The van der Waals surface area contributed by atoms with Crippen LogP contribution in [0.5, 0.6) is 5.75 Å². The molecule has 2 amide bonds. The van der Waals surface area contributed by atoms with E-state index in [9.17, 15) is 14.4 Å². The molecule has 0 radical (unpaired) electrons. The normalized spacial score (nSPS) is 11.7. The fourth-order valence-corrected chi connectivity index (χ4v) is 3.75. The highest BCUT2D eigenvalue weighted by molar-refractivity contribution is 5.96. The molecule has 0 spiro atoms. The minimum Gasteiger partial charge on any atom is -0.487 e. The van der Waals surface area contributed by atoms with Crippen molar-refractivity contribution in [3.05, 3.63) is 89.7 Å². The van der Waals surface area contributed by atoms with Crippen LogP contribution in [0.15, 0.2) is 72.9 Å². The molecule has 0 unspecified atom stereocenters. The number of anilines is 1. The molecule has 9 nitrogen and oxygen atoms in total. The molecule has 212 valence electrons. The van der Waals surface area contributed by atoms with Crippen LogP contribution in [0, 0.1) is 0 Å². The van der Waals surface area contributed by atoms with Crippen LogP contribution in [0.1, 0.15) is 50.4 Å². The fraction of sp³-hybridized carbons (Fsp3) is 0.355. The van der Waals surface area contributed by atoms with Crippen LogP contribution < -0.4 is 15.4 Å². The number of esters is 1. The van der Waals surface area contributed by atoms with Crippen molar-refractivity contribution >= 4 is 23.7 Å². The Labute approximate surface area is 235 Å². The van der Waals surface area contributed by atoms with Gasteiger partial charge in [0.05, 0.1) is 13.3 Å². The van der Waals surface area contributed by atoms with Gasteiger partial charge in [0, 0.05) is 24.2 Å². The third-order valence-corrected chi connectivity index (χ3v) is 5.76. The molecule has 1 atom stereocenters. The summed E-state index contributed by atoms with van der Waals surface area (Å²) in [6.45, 7) is 5.68. The smallest absolute Gasteiger partial charge is 0.408 e. The van der Waals surface area contributed by atoms with E-state index < -0.39 is 23.6 Å². The first-order valence-electron chi connectivity index (χ1n) is 13.2. The van der Waals surface area contributed by atoms with E-state index in [0.717, 1.165) is 11.1 Å². The number of aromatic nitrogens is 1. The van der Waals surface area contributed by atoms with Crippen molar-refractivity contribution in [2.75, 3.05) is 12.4 Å². The number of methoxy groups -OCH3 is 1. The SMILES string of the molecule is COC(=O)CCCc1ccc(NC(=O)[C@@H](Cc2ccc(OCc3ccccc3)cn2)NC(=O)OC(C)(C)C)cc1. The Hall–Kier alpha value is -4.40. The lowest BCUT2D eigenvalue weighted by Crippen LogP contribution is -2.47. The third-order valence-electron chi connectivity index (χ3n) is 5.76. The van der Waals surface area contributed by atoms with Crippen molar-refractivity contribution in [2.45, 2.75) is 64.7 Å². The number of rotatable bonds is 12. The van der Waals surface area contributed by atoms with Crippen LogP contribution in [-0.2, 0) is 38.5 Å². The van der Waals surface area contributed by atoms with Crippen LogP contribution in [0.3, 0.4) is 0 Å². The van der Waals surface area contributed by atoms with Crippen LogP contribution in [0.4, 0.5) is 10.5 Å². The van der Waals surface area contributed by atoms with Gasteiger partial charge in [-0.2, -0.15) is 0 Å². The number of benzene rings is 2. The summed E-state index contributed by atoms with van der Waals surface area (Å²) in [7, 11) is 1.37. The molecule has 9 heteroatoms. The zero-order valence-electron chi connectivity index (χ0n) is 23.4. The zero-order chi connectivity index (χ0) is 29.0. The average molecular weight is 548 g/mol. The van der Waals surface area contributed by atoms with Gasteiger partial charge in [0.1, 0.15) is 24.0 Å². The molecule has 1 heterocycles. The maximum absolute atomic E-state index is 13.2. The Morgan fingerprint density at radius 1 is 0.925 bits per heavy atom. The first-order valence-corrected chi connectivity index (χ1v) is 13.2. The van der Waals surface area contributed by atoms with Gasteiger partial charge in [-0.25, -0.2) is 4.79 Å². The molecule has 0 fully saturated rings. The van der Waals surface area contributed by atoms with Crippen LogP contribution in [0.2, 0.25) is 0 Å². The topological polar surface area (TPSA) is 116 Å². The quantitative estimate of drug-likeness (QED) is 0.298. The first kappa shape index (κ1) is 30.1. The number of carbonyl (C=O) groups is 3. The van der Waals surface area contributed by atoms with E-state index in [2.05, 4.69) is 20.4 Å². The number of nitrogens with one attached hydrogen (secondary N) is 2. The van der Waals surface area contributed by atoms with E-state index in [-0.39, 0.29) is 12.4 Å². The Morgan fingerprint density at radius 3 is 2.27 bits per heavy atom. The zero-order valence-corrected chi connectivity index (χ0v) is 23.4. The van der Waals surface area contributed by atoms with Crippen molar-refractivity contribution < 1.29 is 28.6 Å². The van der Waals surface area contributed by atoms with Gasteiger partial charge < -0.3 is 24.8 Å². The maximum Gasteiger partial charge on any atom is 0.408 e. The van der Waals surface area contributed by atoms with Crippen molar-refractivity contribution in [2.24, 2.45) is 0 Å². The summed E-state index contributed by atoms with van der Waals surface area (Å²) in [5.74, 6) is -0.0489. The van der Waals surface area contributed by atoms with Crippen molar-refractivity contribution in [3.8, 4) is 5.75 Å². The first-order chi connectivity index (χ1) is 19.1. The summed E-state index contributed by atoms with van der Waals surface area (Å²) in [6.07, 6.45) is 2.78. The molecule has 2 aromatic carbocycles. The Kier molecular flexibility index (Phi) is 11.1. The summed E-state index contributed by atoms with van der Waals surface area (Å²) in [4.78, 5) is 41.5. The summed E-state index contributed by atoms with van der Waals surface area (Å²) in [5, 5.41) is 5.53. The highest BCUT2D eigenvalue weighted by Gasteiger charge is 2.25. The van der Waals surface area contributed by atoms with E-state index in [4.69, 9.17) is 9.47 Å². The number of pyridine rings is 1. The second kappa shape index (κ2) is 14.7. The van der Waals surface area contributed by atoms with Crippen LogP contribution in [0.25, 0.3) is 0 Å². The van der Waals surface area contributed by atoms with Crippen LogP contribution >= 0.6 is 0 Å². The number of ether oxygens (including phenoxy) is 3. The van der Waals surface area contributed by atoms with Gasteiger partial charge in [0.25, 0.3) is 0 Å². The second-order valence-corrected chi connectivity index (χ2v) is 10.3. The molecule has 2 N–H and O–H groups in total. The van der Waals surface area contributed by atoms with E-state index in [1.54, 1.807) is 51.2 Å². The molecular weight excluding hydrogens is 510 g/mol. The Bertz CT molecular complexity index is 1240. The lowest BCUT2D eigenvalue weighted by Gasteiger charge is -2.23. The number of hydrogen-bond acceptors (Lipinski definition) is 7. The molecule has 3 rings (SSSR count). The van der Waals surface area contributed by atoms with Gasteiger partial charge in [0.15, 0.2) is 0 Å². The minimum atomic E-state index is -0.932. The predicted octanol–water partition coefficient (Wildman–Crippen LogP) is 5.23. The standard InChI is InChI=1S/C31H37N3O6/c1-31(2,3)40-30(37)34-27(19-25-17-18-26(20-32-25)39-21-23-9-6-5-7-10-23)29(36)33-24-15-13-22(14-16-24)11-8-12-28(35)38-4/h5-7,9-10,13-18,20,27H,8,11-12,19,21H2,1-4H3,(H,33,36)(H,34,37)/t27-/m1/s1. The molecule has 0 aliphatic carbocycles. The van der Waals surface area contributed by atoms with Crippen molar-refractivity contribution in [3.63, 3.8) is 0 Å². The number of hydrogen-bond donors (Lipinski definition) is 2. The van der Waals surface area contributed by atoms with E-state index in [1.807, 2.05) is 42.5 Å². The highest BCUT2D eigenvalue weighted by Crippen LogP contribution is 2.16. The molecule has 3 aromatic rings. The summed E-state index contributed by atoms with van der Waals surface area (Å²) in [6, 6.07) is 19.8. The number of aryl methyl sites for hydroxylation is 1. The third kappa shape index (κ3) is 10.8. The molecule has 0 saturated heterocycles. The summed E-state index contributed by atoms with van der Waals surface area (Å²) >= 11 is 0. The van der Waals surface area contributed by atoms with Gasteiger partial charge in [-0.05, 0) is 69.0 Å². The molecule has 0 aliphatic rings. The molecule has 1 aromatic heterocycles. The lowest BCUT2D eigenvalue weighted by atomic mass is 10.1. The van der Waals surface area contributed by atoms with E-state index in [0.29, 0.717) is 43.0 Å². The number of alkyl carbamates (subject to hydrolysis) is 1. The number of nitrogens with zero attached hydrogens (tertiary/aromatic N) is 1. The molecule has 0 bridgehead atoms. The minimum absolute atomic E-state index is 0.148. The van der Waals surface area contributed by atoms with E-state index >= 15 is 0 Å². The fourth-order valence-electron chi connectivity index (χ4n) is 3.75. The molecular formula is C31H37N3O6. The maximum atomic E-state index is 13.2. The monoisotopic (exact) mass is 547 g/mol.